The van der Waals surface area contributed by atoms with Crippen molar-refractivity contribution >= 4 is 33.3 Å². The summed E-state index contributed by atoms with van der Waals surface area (Å²) in [5, 5.41) is 11.7. The molecule has 0 unspecified atom stereocenters. The Morgan fingerprint density at radius 3 is 2.48 bits per heavy atom. The Balaban J connectivity index is 1.42. The first-order chi connectivity index (χ1) is 14.1. The van der Waals surface area contributed by atoms with Gasteiger partial charge in [0, 0.05) is 41.2 Å². The van der Waals surface area contributed by atoms with Crippen LogP contribution in [0, 0.1) is 5.92 Å². The Kier molecular flexibility index (Phi) is 5.85. The molecule has 0 bridgehead atoms. The van der Waals surface area contributed by atoms with Crippen LogP contribution in [-0.2, 0) is 0 Å². The third kappa shape index (κ3) is 4.79. The number of anilines is 2. The lowest BCUT2D eigenvalue weighted by Crippen LogP contribution is -2.33. The first-order valence-corrected chi connectivity index (χ1v) is 10.5. The molecule has 148 valence electrons. The van der Waals surface area contributed by atoms with Gasteiger partial charge < -0.3 is 10.2 Å². The van der Waals surface area contributed by atoms with Crippen molar-refractivity contribution in [1.29, 1.82) is 0 Å². The van der Waals surface area contributed by atoms with E-state index in [-0.39, 0.29) is 5.91 Å². The summed E-state index contributed by atoms with van der Waals surface area (Å²) in [6, 6.07) is 13.4. The quantitative estimate of drug-likeness (QED) is 0.617. The number of nitrogens with one attached hydrogen (secondary N) is 1. The zero-order chi connectivity index (χ0) is 20.2. The molecule has 0 atom stereocenters. The molecule has 0 aliphatic carbocycles. The lowest BCUT2D eigenvalue weighted by molar-refractivity contribution is 0.102. The topological polar surface area (TPSA) is 71.0 Å². The lowest BCUT2D eigenvalue weighted by atomic mass is 9.99. The number of piperidine rings is 1. The van der Waals surface area contributed by atoms with E-state index in [1.165, 1.54) is 19.0 Å². The largest absolute Gasteiger partial charge is 0.355 e. The van der Waals surface area contributed by atoms with Crippen molar-refractivity contribution < 1.29 is 4.79 Å². The minimum absolute atomic E-state index is 0.202. The van der Waals surface area contributed by atoms with E-state index in [0.29, 0.717) is 11.3 Å². The van der Waals surface area contributed by atoms with Gasteiger partial charge in [-0.1, -0.05) is 19.1 Å². The fourth-order valence-electron chi connectivity index (χ4n) is 3.35. The molecule has 1 aromatic carbocycles. The van der Waals surface area contributed by atoms with Crippen molar-refractivity contribution in [2.24, 2.45) is 5.92 Å². The van der Waals surface area contributed by atoms with Gasteiger partial charge in [-0.05, 0) is 65.0 Å². The number of pyridine rings is 1. The molecule has 0 radical (unpaired) electrons. The molecule has 2 aromatic heterocycles. The Morgan fingerprint density at radius 2 is 1.83 bits per heavy atom. The minimum Gasteiger partial charge on any atom is -0.355 e. The van der Waals surface area contributed by atoms with Crippen LogP contribution < -0.4 is 10.2 Å². The first kappa shape index (κ1) is 19.5. The van der Waals surface area contributed by atoms with Crippen molar-refractivity contribution in [3.63, 3.8) is 0 Å². The summed E-state index contributed by atoms with van der Waals surface area (Å²) in [5.74, 6) is 1.52. The Bertz CT molecular complexity index is 983. The predicted molar refractivity (Wildman–Crippen MR) is 118 cm³/mol. The number of benzene rings is 1. The summed E-state index contributed by atoms with van der Waals surface area (Å²) >= 11 is 3.33. The Morgan fingerprint density at radius 1 is 1.07 bits per heavy atom. The number of hydrogen-bond acceptors (Lipinski definition) is 5. The molecule has 1 aliphatic rings. The van der Waals surface area contributed by atoms with Crippen LogP contribution in [0.2, 0.25) is 0 Å². The zero-order valence-corrected chi connectivity index (χ0v) is 17.8. The van der Waals surface area contributed by atoms with E-state index < -0.39 is 0 Å². The summed E-state index contributed by atoms with van der Waals surface area (Å²) in [4.78, 5) is 18.6. The molecule has 1 N–H and O–H groups in total. The highest BCUT2D eigenvalue weighted by molar-refractivity contribution is 9.10. The minimum atomic E-state index is -0.202. The van der Waals surface area contributed by atoms with E-state index >= 15 is 0 Å². The number of rotatable bonds is 4. The maximum absolute atomic E-state index is 12.3. The van der Waals surface area contributed by atoms with Gasteiger partial charge in [-0.25, -0.2) is 0 Å². The number of carbonyl (C=O) groups excluding carboxylic acids is 1. The van der Waals surface area contributed by atoms with Gasteiger partial charge >= 0.3 is 0 Å². The van der Waals surface area contributed by atoms with Gasteiger partial charge in [0.2, 0.25) is 0 Å². The van der Waals surface area contributed by atoms with Crippen LogP contribution in [0.15, 0.2) is 59.3 Å². The fraction of sp³-hybridized carbons (Fsp3) is 0.273. The van der Waals surface area contributed by atoms with E-state index in [1.807, 2.05) is 36.4 Å². The number of aromatic nitrogens is 3. The van der Waals surface area contributed by atoms with Crippen LogP contribution in [0.5, 0.6) is 0 Å². The standard InChI is InChI=1S/C22H22BrN5O/c1-15-8-10-28(11-9-15)21-7-6-20(26-27-21)16-2-4-19(5-3-16)25-22(29)17-12-18(23)14-24-13-17/h2-7,12-15H,8-11H2,1H3,(H,25,29). The second kappa shape index (κ2) is 8.69. The van der Waals surface area contributed by atoms with Crippen molar-refractivity contribution in [1.82, 2.24) is 15.2 Å². The zero-order valence-electron chi connectivity index (χ0n) is 16.2. The number of halogens is 1. The SMILES string of the molecule is CC1CCN(c2ccc(-c3ccc(NC(=O)c4cncc(Br)c4)cc3)nn2)CC1. The van der Waals surface area contributed by atoms with Gasteiger partial charge in [-0.2, -0.15) is 0 Å². The highest BCUT2D eigenvalue weighted by Gasteiger charge is 2.17. The number of carbonyl (C=O) groups is 1. The third-order valence-corrected chi connectivity index (χ3v) is 5.60. The molecular formula is C22H22BrN5O. The molecule has 4 rings (SSSR count). The molecular weight excluding hydrogens is 430 g/mol. The van der Waals surface area contributed by atoms with Crippen LogP contribution in [0.3, 0.4) is 0 Å². The summed E-state index contributed by atoms with van der Waals surface area (Å²) in [6.07, 6.45) is 5.58. The maximum atomic E-state index is 12.3. The molecule has 1 saturated heterocycles. The molecule has 0 saturated carbocycles. The summed E-state index contributed by atoms with van der Waals surface area (Å²) < 4.78 is 0.765. The van der Waals surface area contributed by atoms with Crippen LogP contribution in [0.25, 0.3) is 11.3 Å². The van der Waals surface area contributed by atoms with E-state index in [4.69, 9.17) is 0 Å². The molecule has 0 spiro atoms. The third-order valence-electron chi connectivity index (χ3n) is 5.16. The molecule has 29 heavy (non-hydrogen) atoms. The smallest absolute Gasteiger partial charge is 0.257 e. The van der Waals surface area contributed by atoms with E-state index in [0.717, 1.165) is 40.6 Å². The number of hydrogen-bond donors (Lipinski definition) is 1. The molecule has 3 heterocycles. The molecule has 6 nitrogen and oxygen atoms in total. The average molecular weight is 452 g/mol. The van der Waals surface area contributed by atoms with E-state index in [1.54, 1.807) is 12.3 Å². The molecule has 1 fully saturated rings. The summed E-state index contributed by atoms with van der Waals surface area (Å²) in [6.45, 7) is 4.38. The predicted octanol–water partition coefficient (Wildman–Crippen LogP) is 4.79. The first-order valence-electron chi connectivity index (χ1n) is 9.69. The second-order valence-corrected chi connectivity index (χ2v) is 8.29. The monoisotopic (exact) mass is 451 g/mol. The van der Waals surface area contributed by atoms with Crippen molar-refractivity contribution in [3.05, 3.63) is 64.9 Å². The second-order valence-electron chi connectivity index (χ2n) is 7.37. The summed E-state index contributed by atoms with van der Waals surface area (Å²) in [5.41, 5.74) is 2.98. The van der Waals surface area contributed by atoms with Gasteiger partial charge in [0.25, 0.3) is 5.91 Å². The molecule has 7 heteroatoms. The van der Waals surface area contributed by atoms with E-state index in [9.17, 15) is 4.79 Å². The average Bonchev–Trinajstić information content (AvgIpc) is 2.75. The number of nitrogens with zero attached hydrogens (tertiary/aromatic N) is 4. The van der Waals surface area contributed by atoms with Gasteiger partial charge in [0.1, 0.15) is 0 Å². The van der Waals surface area contributed by atoms with Crippen LogP contribution >= 0.6 is 15.9 Å². The fourth-order valence-corrected chi connectivity index (χ4v) is 3.71. The van der Waals surface area contributed by atoms with Crippen LogP contribution in [0.1, 0.15) is 30.1 Å². The Labute approximate surface area is 178 Å². The van der Waals surface area contributed by atoms with E-state index in [2.05, 4.69) is 48.3 Å². The van der Waals surface area contributed by atoms with Gasteiger partial charge in [0.15, 0.2) is 5.82 Å². The van der Waals surface area contributed by atoms with Gasteiger partial charge in [-0.3, -0.25) is 9.78 Å². The lowest BCUT2D eigenvalue weighted by Gasteiger charge is -2.30. The molecule has 1 amide bonds. The number of amides is 1. The van der Waals surface area contributed by atoms with Gasteiger partial charge in [0.05, 0.1) is 11.3 Å². The van der Waals surface area contributed by atoms with Crippen LogP contribution in [0.4, 0.5) is 11.5 Å². The highest BCUT2D eigenvalue weighted by Crippen LogP contribution is 2.24. The van der Waals surface area contributed by atoms with Crippen molar-refractivity contribution in [2.75, 3.05) is 23.3 Å². The highest BCUT2D eigenvalue weighted by atomic mass is 79.9. The Hall–Kier alpha value is -2.80. The van der Waals surface area contributed by atoms with Gasteiger partial charge in [-0.15, -0.1) is 10.2 Å². The van der Waals surface area contributed by atoms with Crippen molar-refractivity contribution in [2.45, 2.75) is 19.8 Å². The van der Waals surface area contributed by atoms with Crippen LogP contribution in [-0.4, -0.2) is 34.2 Å². The van der Waals surface area contributed by atoms with Crippen molar-refractivity contribution in [3.8, 4) is 11.3 Å². The maximum Gasteiger partial charge on any atom is 0.257 e. The normalized spacial score (nSPS) is 14.6. The summed E-state index contributed by atoms with van der Waals surface area (Å²) in [7, 11) is 0. The molecule has 3 aromatic rings. The molecule has 1 aliphatic heterocycles.